The highest BCUT2D eigenvalue weighted by atomic mass is 16.5. The van der Waals surface area contributed by atoms with E-state index < -0.39 is 11.6 Å². The summed E-state index contributed by atoms with van der Waals surface area (Å²) in [6, 6.07) is 16.9. The molecule has 0 spiro atoms. The van der Waals surface area contributed by atoms with Gasteiger partial charge in [0.25, 0.3) is 5.56 Å². The van der Waals surface area contributed by atoms with Gasteiger partial charge in [-0.2, -0.15) is 0 Å². The van der Waals surface area contributed by atoms with Crippen LogP contribution in [0.3, 0.4) is 0 Å². The zero-order chi connectivity index (χ0) is 26.2. The van der Waals surface area contributed by atoms with Gasteiger partial charge in [-0.3, -0.25) is 14.2 Å². The second-order valence-electron chi connectivity index (χ2n) is 8.10. The normalized spacial score (nSPS) is 10.6. The maximum Gasteiger partial charge on any atom is 0.323 e. The lowest BCUT2D eigenvalue weighted by atomic mass is 10.2. The topological polar surface area (TPSA) is 124 Å². The number of pyridine rings is 1. The molecule has 190 valence electrons. The molecule has 37 heavy (non-hydrogen) atoms. The van der Waals surface area contributed by atoms with E-state index >= 15 is 0 Å². The number of ether oxygens (including phenoxy) is 2. The minimum atomic E-state index is -0.474. The number of rotatable bonds is 9. The Hall–Kier alpha value is -4.73. The van der Waals surface area contributed by atoms with E-state index in [0.29, 0.717) is 40.6 Å². The number of benzene rings is 2. The molecule has 0 saturated heterocycles. The first-order valence-corrected chi connectivity index (χ1v) is 11.8. The highest BCUT2D eigenvalue weighted by molar-refractivity contribution is 6.00. The van der Waals surface area contributed by atoms with E-state index in [0.717, 1.165) is 6.42 Å². The number of fused-ring (bicyclic) bond motifs is 1. The molecule has 10 nitrogen and oxygen atoms in total. The molecule has 0 aliphatic carbocycles. The minimum absolute atomic E-state index is 0.0404. The van der Waals surface area contributed by atoms with Crippen LogP contribution in [0.2, 0.25) is 0 Å². The third-order valence-electron chi connectivity index (χ3n) is 5.43. The number of amides is 2. The summed E-state index contributed by atoms with van der Waals surface area (Å²) >= 11 is 0. The third kappa shape index (κ3) is 6.10. The van der Waals surface area contributed by atoms with E-state index in [1.165, 1.54) is 11.7 Å². The van der Waals surface area contributed by atoms with Gasteiger partial charge in [-0.25, -0.2) is 14.8 Å². The van der Waals surface area contributed by atoms with Gasteiger partial charge >= 0.3 is 12.0 Å². The second-order valence-corrected chi connectivity index (χ2v) is 8.10. The number of carbonyl (C=O) groups excluding carboxylic acids is 2. The zero-order valence-electron chi connectivity index (χ0n) is 20.6. The number of carbonyl (C=O) groups is 2. The molecule has 4 rings (SSSR count). The van der Waals surface area contributed by atoms with Crippen molar-refractivity contribution in [3.8, 4) is 11.4 Å². The molecule has 2 aromatic carbocycles. The van der Waals surface area contributed by atoms with E-state index in [4.69, 9.17) is 9.47 Å². The van der Waals surface area contributed by atoms with Gasteiger partial charge in [0, 0.05) is 18.3 Å². The van der Waals surface area contributed by atoms with Crippen molar-refractivity contribution in [2.75, 3.05) is 24.4 Å². The Labute approximate surface area is 213 Å². The van der Waals surface area contributed by atoms with E-state index in [9.17, 15) is 14.4 Å². The fraction of sp³-hybridized carbons (Fsp3) is 0.222. The molecular formula is C27H27N5O5. The van der Waals surface area contributed by atoms with E-state index in [2.05, 4.69) is 20.6 Å². The number of esters is 1. The number of aryl methyl sites for hydroxylation is 1. The van der Waals surface area contributed by atoms with E-state index in [1.807, 2.05) is 6.92 Å². The van der Waals surface area contributed by atoms with Crippen molar-refractivity contribution < 1.29 is 19.1 Å². The minimum Gasteiger partial charge on any atom is -0.495 e. The average molecular weight is 502 g/mol. The van der Waals surface area contributed by atoms with Crippen LogP contribution in [0.1, 0.15) is 25.5 Å². The molecule has 2 N–H and O–H groups in total. The molecule has 0 bridgehead atoms. The van der Waals surface area contributed by atoms with E-state index in [1.54, 1.807) is 66.9 Å². The molecule has 0 saturated carbocycles. The van der Waals surface area contributed by atoms with Crippen LogP contribution >= 0.6 is 0 Å². The van der Waals surface area contributed by atoms with Gasteiger partial charge in [0.1, 0.15) is 17.0 Å². The summed E-state index contributed by atoms with van der Waals surface area (Å²) < 4.78 is 11.8. The average Bonchev–Trinajstić information content (AvgIpc) is 2.91. The Morgan fingerprint density at radius 3 is 2.68 bits per heavy atom. The van der Waals surface area contributed by atoms with Crippen molar-refractivity contribution in [2.45, 2.75) is 26.2 Å². The lowest BCUT2D eigenvalue weighted by molar-refractivity contribution is -0.143. The standard InChI is InChI=1S/C27H27N5O5/c1-3-16-37-24(33)14-13-22-26(34)32(25-21(30-22)11-7-15-28-25)19-9-6-8-18(17-19)29-27(35)31-20-10-4-5-12-23(20)36-2/h4-12,15,17H,3,13-14,16H2,1-2H3,(H2,29,31,35). The summed E-state index contributed by atoms with van der Waals surface area (Å²) in [6.45, 7) is 2.25. The summed E-state index contributed by atoms with van der Waals surface area (Å²) in [5, 5.41) is 5.53. The van der Waals surface area contributed by atoms with Gasteiger partial charge in [0.2, 0.25) is 0 Å². The van der Waals surface area contributed by atoms with Crippen LogP contribution in [-0.4, -0.2) is 40.3 Å². The predicted octanol–water partition coefficient (Wildman–Crippen LogP) is 4.32. The highest BCUT2D eigenvalue weighted by Crippen LogP contribution is 2.24. The fourth-order valence-electron chi connectivity index (χ4n) is 3.73. The molecule has 0 atom stereocenters. The van der Waals surface area contributed by atoms with Crippen LogP contribution in [0.25, 0.3) is 16.9 Å². The van der Waals surface area contributed by atoms with Crippen molar-refractivity contribution in [1.29, 1.82) is 0 Å². The van der Waals surface area contributed by atoms with Crippen molar-refractivity contribution >= 4 is 34.5 Å². The molecular weight excluding hydrogens is 474 g/mol. The van der Waals surface area contributed by atoms with Gasteiger partial charge in [0.15, 0.2) is 5.65 Å². The number of urea groups is 1. The number of aromatic nitrogens is 3. The van der Waals surface area contributed by atoms with Crippen LogP contribution in [0, 0.1) is 0 Å². The number of methoxy groups -OCH3 is 1. The monoisotopic (exact) mass is 501 g/mol. The smallest absolute Gasteiger partial charge is 0.323 e. The molecule has 2 aromatic heterocycles. The number of nitrogens with one attached hydrogen (secondary N) is 2. The zero-order valence-corrected chi connectivity index (χ0v) is 20.6. The summed E-state index contributed by atoms with van der Waals surface area (Å²) in [6.07, 6.45) is 2.47. The number of anilines is 2. The summed E-state index contributed by atoms with van der Waals surface area (Å²) in [5.41, 5.74) is 2.16. The molecule has 0 radical (unpaired) electrons. The van der Waals surface area contributed by atoms with E-state index in [-0.39, 0.29) is 24.5 Å². The lowest BCUT2D eigenvalue weighted by Crippen LogP contribution is -2.26. The fourth-order valence-corrected chi connectivity index (χ4v) is 3.73. The maximum absolute atomic E-state index is 13.4. The molecule has 0 fully saturated rings. The highest BCUT2D eigenvalue weighted by Gasteiger charge is 2.16. The SMILES string of the molecule is CCCOC(=O)CCc1nc2cccnc2n(-c2cccc(NC(=O)Nc3ccccc3OC)c2)c1=O. The van der Waals surface area contributed by atoms with Crippen molar-refractivity contribution in [2.24, 2.45) is 0 Å². The second kappa shape index (κ2) is 11.8. The lowest BCUT2D eigenvalue weighted by Gasteiger charge is -2.14. The Balaban J connectivity index is 1.62. The Morgan fingerprint density at radius 1 is 1.03 bits per heavy atom. The Kier molecular flexibility index (Phi) is 8.09. The van der Waals surface area contributed by atoms with Crippen LogP contribution < -0.4 is 20.9 Å². The van der Waals surface area contributed by atoms with Crippen molar-refractivity contribution in [3.63, 3.8) is 0 Å². The Bertz CT molecular complexity index is 1480. The van der Waals surface area contributed by atoms with Gasteiger partial charge in [-0.05, 0) is 48.9 Å². The number of hydrogen-bond acceptors (Lipinski definition) is 7. The van der Waals surface area contributed by atoms with Crippen LogP contribution in [0.15, 0.2) is 71.7 Å². The number of nitrogens with zero attached hydrogens (tertiary/aromatic N) is 3. The molecule has 0 aliphatic heterocycles. The summed E-state index contributed by atoms with van der Waals surface area (Å²) in [5.74, 6) is 0.145. The van der Waals surface area contributed by atoms with Gasteiger partial charge in [-0.15, -0.1) is 0 Å². The van der Waals surface area contributed by atoms with Crippen molar-refractivity contribution in [1.82, 2.24) is 14.5 Å². The van der Waals surface area contributed by atoms with Crippen LogP contribution in [-0.2, 0) is 16.0 Å². The van der Waals surface area contributed by atoms with Gasteiger partial charge < -0.3 is 20.1 Å². The molecule has 0 unspecified atom stereocenters. The largest absolute Gasteiger partial charge is 0.495 e. The first-order chi connectivity index (χ1) is 18.0. The Morgan fingerprint density at radius 2 is 1.86 bits per heavy atom. The quantitative estimate of drug-likeness (QED) is 0.327. The van der Waals surface area contributed by atoms with Gasteiger partial charge in [-0.1, -0.05) is 25.1 Å². The third-order valence-corrected chi connectivity index (χ3v) is 5.43. The summed E-state index contributed by atoms with van der Waals surface area (Å²) in [4.78, 5) is 46.9. The molecule has 0 aliphatic rings. The first kappa shape index (κ1) is 25.4. The molecule has 2 amide bonds. The van der Waals surface area contributed by atoms with Gasteiger partial charge in [0.05, 0.1) is 31.5 Å². The molecule has 10 heteroatoms. The molecule has 2 heterocycles. The van der Waals surface area contributed by atoms with Crippen LogP contribution in [0.5, 0.6) is 5.75 Å². The summed E-state index contributed by atoms with van der Waals surface area (Å²) in [7, 11) is 1.52. The maximum atomic E-state index is 13.4. The molecule has 4 aromatic rings. The number of hydrogen-bond donors (Lipinski definition) is 2. The first-order valence-electron chi connectivity index (χ1n) is 11.8. The van der Waals surface area contributed by atoms with Crippen LogP contribution in [0.4, 0.5) is 16.2 Å². The predicted molar refractivity (Wildman–Crippen MR) is 140 cm³/mol. The number of para-hydroxylation sites is 2. The van der Waals surface area contributed by atoms with Crippen molar-refractivity contribution in [3.05, 3.63) is 82.9 Å².